The van der Waals surface area contributed by atoms with Crippen LogP contribution in [0.2, 0.25) is 10.3 Å². The zero-order chi connectivity index (χ0) is 14.0. The molecule has 0 radical (unpaired) electrons. The van der Waals surface area contributed by atoms with Gasteiger partial charge in [0, 0.05) is 18.2 Å². The first-order valence-electron chi connectivity index (χ1n) is 5.48. The van der Waals surface area contributed by atoms with E-state index in [1.54, 1.807) is 6.07 Å². The van der Waals surface area contributed by atoms with E-state index in [2.05, 4.69) is 10.3 Å². The number of hydrogen-bond acceptors (Lipinski definition) is 2. The van der Waals surface area contributed by atoms with Crippen LogP contribution in [-0.4, -0.2) is 4.98 Å². The summed E-state index contributed by atoms with van der Waals surface area (Å²) in [7, 11) is 0. The molecular formula is C13H10Cl2F2N2. The summed E-state index contributed by atoms with van der Waals surface area (Å²) in [5, 5.41) is 3.48. The van der Waals surface area contributed by atoms with Gasteiger partial charge >= 0.3 is 0 Å². The average molecular weight is 303 g/mol. The molecule has 0 aliphatic heterocycles. The first-order chi connectivity index (χ1) is 8.97. The van der Waals surface area contributed by atoms with Gasteiger partial charge in [-0.05, 0) is 24.6 Å². The maximum absolute atomic E-state index is 13.5. The topological polar surface area (TPSA) is 24.9 Å². The van der Waals surface area contributed by atoms with Gasteiger partial charge in [-0.3, -0.25) is 0 Å². The molecule has 0 atom stereocenters. The molecule has 0 amide bonds. The Balaban J connectivity index is 2.19. The van der Waals surface area contributed by atoms with E-state index < -0.39 is 11.6 Å². The van der Waals surface area contributed by atoms with Gasteiger partial charge in [0.1, 0.15) is 16.8 Å². The maximum Gasteiger partial charge on any atom is 0.154 e. The van der Waals surface area contributed by atoms with Crippen molar-refractivity contribution in [3.63, 3.8) is 0 Å². The van der Waals surface area contributed by atoms with Gasteiger partial charge in [-0.2, -0.15) is 0 Å². The highest BCUT2D eigenvalue weighted by molar-refractivity contribution is 6.34. The van der Waals surface area contributed by atoms with Crippen molar-refractivity contribution in [1.82, 2.24) is 4.98 Å². The average Bonchev–Trinajstić information content (AvgIpc) is 2.30. The summed E-state index contributed by atoms with van der Waals surface area (Å²) in [6, 6.07) is 5.07. The van der Waals surface area contributed by atoms with E-state index in [-0.39, 0.29) is 11.7 Å². The van der Waals surface area contributed by atoms with E-state index in [9.17, 15) is 8.78 Å². The number of anilines is 1. The standard InChI is InChI=1S/C13H10Cl2F2N2/c1-7-4-11(14)19-13(15)12(7)18-6-8-2-3-9(16)5-10(8)17/h2-5,18H,6H2,1H3. The summed E-state index contributed by atoms with van der Waals surface area (Å²) in [6.45, 7) is 1.98. The summed E-state index contributed by atoms with van der Waals surface area (Å²) in [5.74, 6) is -1.22. The van der Waals surface area contributed by atoms with Crippen LogP contribution in [0.1, 0.15) is 11.1 Å². The zero-order valence-corrected chi connectivity index (χ0v) is 11.5. The summed E-state index contributed by atoms with van der Waals surface area (Å²) < 4.78 is 26.2. The van der Waals surface area contributed by atoms with Gasteiger partial charge in [-0.15, -0.1) is 0 Å². The first kappa shape index (κ1) is 14.0. The normalized spacial score (nSPS) is 10.6. The molecule has 1 N–H and O–H groups in total. The van der Waals surface area contributed by atoms with Crippen LogP contribution >= 0.6 is 23.2 Å². The van der Waals surface area contributed by atoms with E-state index in [0.29, 0.717) is 16.4 Å². The molecule has 1 aromatic carbocycles. The number of aromatic nitrogens is 1. The number of benzene rings is 1. The quantitative estimate of drug-likeness (QED) is 0.839. The highest BCUT2D eigenvalue weighted by Crippen LogP contribution is 2.27. The molecule has 1 aromatic heterocycles. The minimum atomic E-state index is -0.608. The highest BCUT2D eigenvalue weighted by atomic mass is 35.5. The van der Waals surface area contributed by atoms with Crippen molar-refractivity contribution in [2.75, 3.05) is 5.32 Å². The molecule has 0 saturated carbocycles. The fourth-order valence-corrected chi connectivity index (χ4v) is 2.25. The third-order valence-electron chi connectivity index (χ3n) is 2.61. The number of halogens is 4. The Kier molecular flexibility index (Phi) is 4.22. The molecule has 2 nitrogen and oxygen atoms in total. The van der Waals surface area contributed by atoms with E-state index >= 15 is 0 Å². The molecule has 0 fully saturated rings. The lowest BCUT2D eigenvalue weighted by molar-refractivity contribution is 0.574. The van der Waals surface area contributed by atoms with E-state index in [1.807, 2.05) is 6.92 Å². The predicted octanol–water partition coefficient (Wildman–Crippen LogP) is 4.59. The van der Waals surface area contributed by atoms with Crippen LogP contribution in [0.5, 0.6) is 0 Å². The summed E-state index contributed by atoms with van der Waals surface area (Å²) in [5.41, 5.74) is 1.72. The Morgan fingerprint density at radius 3 is 2.58 bits per heavy atom. The number of hydrogen-bond donors (Lipinski definition) is 1. The van der Waals surface area contributed by atoms with Crippen LogP contribution in [-0.2, 0) is 6.54 Å². The SMILES string of the molecule is Cc1cc(Cl)nc(Cl)c1NCc1ccc(F)cc1F. The van der Waals surface area contributed by atoms with Gasteiger partial charge in [0.05, 0.1) is 5.69 Å². The Morgan fingerprint density at radius 1 is 1.21 bits per heavy atom. The van der Waals surface area contributed by atoms with Crippen molar-refractivity contribution in [3.05, 3.63) is 57.3 Å². The molecule has 2 rings (SSSR count). The monoisotopic (exact) mass is 302 g/mol. The van der Waals surface area contributed by atoms with Gasteiger partial charge in [-0.25, -0.2) is 13.8 Å². The van der Waals surface area contributed by atoms with Gasteiger partial charge in [0.15, 0.2) is 5.15 Å². The minimum absolute atomic E-state index is 0.177. The van der Waals surface area contributed by atoms with Crippen molar-refractivity contribution in [3.8, 4) is 0 Å². The molecule has 0 saturated heterocycles. The van der Waals surface area contributed by atoms with Crippen molar-refractivity contribution >= 4 is 28.9 Å². The van der Waals surface area contributed by atoms with Crippen molar-refractivity contribution in [2.45, 2.75) is 13.5 Å². The smallest absolute Gasteiger partial charge is 0.154 e. The molecule has 19 heavy (non-hydrogen) atoms. The van der Waals surface area contributed by atoms with Gasteiger partial charge in [0.2, 0.25) is 0 Å². The van der Waals surface area contributed by atoms with Crippen LogP contribution in [0.25, 0.3) is 0 Å². The first-order valence-corrected chi connectivity index (χ1v) is 6.23. The molecule has 0 aliphatic carbocycles. The van der Waals surface area contributed by atoms with Crippen LogP contribution in [0, 0.1) is 18.6 Å². The molecule has 6 heteroatoms. The third kappa shape index (κ3) is 3.33. The Labute approximate surface area is 119 Å². The van der Waals surface area contributed by atoms with Gasteiger partial charge in [-0.1, -0.05) is 29.3 Å². The maximum atomic E-state index is 13.5. The number of pyridine rings is 1. The summed E-state index contributed by atoms with van der Waals surface area (Å²) in [6.07, 6.45) is 0. The molecule has 0 unspecified atom stereocenters. The zero-order valence-electron chi connectivity index (χ0n) is 9.98. The second-order valence-corrected chi connectivity index (χ2v) is 4.76. The molecule has 2 aromatic rings. The third-order valence-corrected chi connectivity index (χ3v) is 3.08. The van der Waals surface area contributed by atoms with Crippen molar-refractivity contribution in [2.24, 2.45) is 0 Å². The number of rotatable bonds is 3. The largest absolute Gasteiger partial charge is 0.378 e. The molecule has 0 spiro atoms. The second-order valence-electron chi connectivity index (χ2n) is 4.02. The number of aryl methyl sites for hydroxylation is 1. The molecule has 100 valence electrons. The molecule has 1 heterocycles. The van der Waals surface area contributed by atoms with Crippen LogP contribution in [0.3, 0.4) is 0 Å². The molecular weight excluding hydrogens is 293 g/mol. The Bertz CT molecular complexity index is 595. The van der Waals surface area contributed by atoms with E-state index in [0.717, 1.165) is 11.6 Å². The number of nitrogens with one attached hydrogen (secondary N) is 1. The van der Waals surface area contributed by atoms with Crippen LogP contribution in [0.15, 0.2) is 24.3 Å². The van der Waals surface area contributed by atoms with Crippen molar-refractivity contribution in [1.29, 1.82) is 0 Å². The molecule has 0 aliphatic rings. The lowest BCUT2D eigenvalue weighted by Gasteiger charge is -2.11. The Hall–Kier alpha value is -1.39. The minimum Gasteiger partial charge on any atom is -0.378 e. The van der Waals surface area contributed by atoms with Crippen molar-refractivity contribution < 1.29 is 8.78 Å². The fourth-order valence-electron chi connectivity index (χ4n) is 1.66. The lowest BCUT2D eigenvalue weighted by Crippen LogP contribution is -2.05. The Morgan fingerprint density at radius 2 is 1.95 bits per heavy atom. The summed E-state index contributed by atoms with van der Waals surface area (Å²) in [4.78, 5) is 3.90. The van der Waals surface area contributed by atoms with Gasteiger partial charge < -0.3 is 5.32 Å². The van der Waals surface area contributed by atoms with Crippen LogP contribution in [0.4, 0.5) is 14.5 Å². The fraction of sp³-hybridized carbons (Fsp3) is 0.154. The van der Waals surface area contributed by atoms with Crippen LogP contribution < -0.4 is 5.32 Å². The van der Waals surface area contributed by atoms with E-state index in [1.165, 1.54) is 12.1 Å². The second kappa shape index (κ2) is 5.72. The lowest BCUT2D eigenvalue weighted by atomic mass is 10.2. The highest BCUT2D eigenvalue weighted by Gasteiger charge is 2.09. The summed E-state index contributed by atoms with van der Waals surface area (Å²) >= 11 is 11.7. The predicted molar refractivity (Wildman–Crippen MR) is 72.7 cm³/mol. The number of nitrogens with zero attached hydrogens (tertiary/aromatic N) is 1. The van der Waals surface area contributed by atoms with Gasteiger partial charge in [0.25, 0.3) is 0 Å². The van der Waals surface area contributed by atoms with E-state index in [4.69, 9.17) is 23.2 Å². The molecule has 0 bridgehead atoms.